The summed E-state index contributed by atoms with van der Waals surface area (Å²) < 4.78 is 21.6. The van der Waals surface area contributed by atoms with Crippen LogP contribution in [0.1, 0.15) is 0 Å². The van der Waals surface area contributed by atoms with Crippen molar-refractivity contribution < 1.29 is 23.4 Å². The van der Waals surface area contributed by atoms with Gasteiger partial charge in [-0.25, -0.2) is 4.79 Å². The van der Waals surface area contributed by atoms with Gasteiger partial charge in [-0.3, -0.25) is 0 Å². The van der Waals surface area contributed by atoms with Gasteiger partial charge in [-0.1, -0.05) is 6.07 Å². The minimum Gasteiger partial charge on any atom is -0.506 e. The van der Waals surface area contributed by atoms with Gasteiger partial charge in [-0.2, -0.15) is 0 Å². The Labute approximate surface area is 141 Å². The number of rotatable bonds is 3. The van der Waals surface area contributed by atoms with Crippen molar-refractivity contribution >= 4 is 21.9 Å². The second kappa shape index (κ2) is 5.59. The Morgan fingerprint density at radius 3 is 2.44 bits per heavy atom. The van der Waals surface area contributed by atoms with Crippen LogP contribution >= 0.6 is 0 Å². The van der Waals surface area contributed by atoms with Gasteiger partial charge in [-0.05, 0) is 29.8 Å². The van der Waals surface area contributed by atoms with Crippen molar-refractivity contribution in [3.05, 3.63) is 53.1 Å². The fraction of sp³-hybridized carbons (Fsp3) is 0.105. The predicted molar refractivity (Wildman–Crippen MR) is 92.5 cm³/mol. The molecule has 0 saturated heterocycles. The lowest BCUT2D eigenvalue weighted by Gasteiger charge is -2.12. The molecule has 0 aliphatic carbocycles. The van der Waals surface area contributed by atoms with E-state index >= 15 is 0 Å². The van der Waals surface area contributed by atoms with E-state index in [0.717, 1.165) is 0 Å². The third-order valence-electron chi connectivity index (χ3n) is 4.14. The zero-order valence-electron chi connectivity index (χ0n) is 13.5. The van der Waals surface area contributed by atoms with Crippen LogP contribution in [0, 0.1) is 0 Å². The molecule has 0 spiro atoms. The fourth-order valence-corrected chi connectivity index (χ4v) is 2.98. The van der Waals surface area contributed by atoms with Crippen LogP contribution in [0.2, 0.25) is 0 Å². The van der Waals surface area contributed by atoms with E-state index in [1.54, 1.807) is 32.4 Å². The number of phenols is 1. The molecule has 6 nitrogen and oxygen atoms in total. The zero-order chi connectivity index (χ0) is 17.6. The first kappa shape index (κ1) is 15.1. The van der Waals surface area contributed by atoms with Crippen LogP contribution in [0.4, 0.5) is 0 Å². The maximum atomic E-state index is 11.8. The van der Waals surface area contributed by atoms with Crippen molar-refractivity contribution in [2.24, 2.45) is 0 Å². The number of methoxy groups -OCH3 is 2. The maximum Gasteiger partial charge on any atom is 0.336 e. The van der Waals surface area contributed by atoms with E-state index < -0.39 is 5.63 Å². The molecule has 0 aliphatic rings. The number of aromatic hydroxyl groups is 1. The smallest absolute Gasteiger partial charge is 0.336 e. The Morgan fingerprint density at radius 2 is 1.68 bits per heavy atom. The number of hydrogen-bond donors (Lipinski definition) is 1. The molecule has 0 radical (unpaired) electrons. The number of benzene rings is 2. The van der Waals surface area contributed by atoms with E-state index in [4.69, 9.17) is 18.3 Å². The molecule has 4 rings (SSSR count). The summed E-state index contributed by atoms with van der Waals surface area (Å²) in [6.45, 7) is 0. The molecular weight excluding hydrogens is 324 g/mol. The van der Waals surface area contributed by atoms with Crippen LogP contribution in [0.15, 0.2) is 56.3 Å². The Balaban J connectivity index is 2.16. The molecular formula is C19H14O6. The SMILES string of the molecule is COc1ccc(-c2c3occc3c(O)c3ccc(=O)oc23)cc1OC. The van der Waals surface area contributed by atoms with Gasteiger partial charge in [-0.15, -0.1) is 0 Å². The molecule has 6 heteroatoms. The lowest BCUT2D eigenvalue weighted by molar-refractivity contribution is 0.355. The van der Waals surface area contributed by atoms with Gasteiger partial charge in [0.25, 0.3) is 0 Å². The Morgan fingerprint density at radius 1 is 0.920 bits per heavy atom. The summed E-state index contributed by atoms with van der Waals surface area (Å²) in [6.07, 6.45) is 1.48. The van der Waals surface area contributed by atoms with Crippen molar-refractivity contribution in [1.29, 1.82) is 0 Å². The second-order valence-corrected chi connectivity index (χ2v) is 5.45. The third-order valence-corrected chi connectivity index (χ3v) is 4.14. The Hall–Kier alpha value is -3.41. The molecule has 0 amide bonds. The predicted octanol–water partition coefficient (Wildman–Crippen LogP) is 3.93. The number of fused-ring (bicyclic) bond motifs is 2. The lowest BCUT2D eigenvalue weighted by atomic mass is 9.99. The topological polar surface area (TPSA) is 82.0 Å². The van der Waals surface area contributed by atoms with E-state index in [9.17, 15) is 9.90 Å². The quantitative estimate of drug-likeness (QED) is 0.570. The molecule has 25 heavy (non-hydrogen) atoms. The normalized spacial score (nSPS) is 11.1. The number of hydrogen-bond acceptors (Lipinski definition) is 6. The highest BCUT2D eigenvalue weighted by atomic mass is 16.5. The van der Waals surface area contributed by atoms with Gasteiger partial charge in [0.1, 0.15) is 11.3 Å². The number of phenolic OH excluding ortho intramolecular Hbond substituents is 1. The van der Waals surface area contributed by atoms with Gasteiger partial charge >= 0.3 is 5.63 Å². The highest BCUT2D eigenvalue weighted by Crippen LogP contribution is 2.44. The first-order valence-electron chi connectivity index (χ1n) is 7.52. The summed E-state index contributed by atoms with van der Waals surface area (Å²) in [4.78, 5) is 11.8. The molecule has 4 aromatic rings. The van der Waals surface area contributed by atoms with E-state index in [1.807, 2.05) is 6.07 Å². The van der Waals surface area contributed by atoms with E-state index in [2.05, 4.69) is 0 Å². The van der Waals surface area contributed by atoms with Gasteiger partial charge in [0, 0.05) is 6.07 Å². The van der Waals surface area contributed by atoms with Crippen LogP contribution in [0.25, 0.3) is 33.1 Å². The van der Waals surface area contributed by atoms with Gasteiger partial charge in [0.05, 0.1) is 36.8 Å². The largest absolute Gasteiger partial charge is 0.506 e. The van der Waals surface area contributed by atoms with Crippen LogP contribution in [0.3, 0.4) is 0 Å². The summed E-state index contributed by atoms with van der Waals surface area (Å²) in [5.74, 6) is 1.11. The molecule has 1 N–H and O–H groups in total. The van der Waals surface area contributed by atoms with Crippen molar-refractivity contribution in [1.82, 2.24) is 0 Å². The molecule has 0 bridgehead atoms. The molecule has 2 heterocycles. The Kier molecular flexibility index (Phi) is 3.39. The summed E-state index contributed by atoms with van der Waals surface area (Å²) in [7, 11) is 3.09. The average molecular weight is 338 g/mol. The molecule has 2 aromatic carbocycles. The fourth-order valence-electron chi connectivity index (χ4n) is 2.98. The monoisotopic (exact) mass is 338 g/mol. The van der Waals surface area contributed by atoms with Crippen LogP contribution in [-0.2, 0) is 0 Å². The van der Waals surface area contributed by atoms with Crippen LogP contribution < -0.4 is 15.1 Å². The van der Waals surface area contributed by atoms with E-state index in [0.29, 0.717) is 39.0 Å². The molecule has 0 saturated carbocycles. The average Bonchev–Trinajstić information content (AvgIpc) is 3.11. The van der Waals surface area contributed by atoms with Crippen LogP contribution in [-0.4, -0.2) is 19.3 Å². The molecule has 0 unspecified atom stereocenters. The molecule has 2 aromatic heterocycles. The Bertz CT molecular complexity index is 1150. The summed E-state index contributed by atoms with van der Waals surface area (Å²) in [6, 6.07) is 9.80. The summed E-state index contributed by atoms with van der Waals surface area (Å²) in [5.41, 5.74) is 1.43. The highest BCUT2D eigenvalue weighted by Gasteiger charge is 2.20. The third kappa shape index (κ3) is 2.22. The molecule has 126 valence electrons. The maximum absolute atomic E-state index is 11.8. The minimum atomic E-state index is -0.514. The van der Waals surface area contributed by atoms with Gasteiger partial charge in [0.15, 0.2) is 17.1 Å². The first-order valence-corrected chi connectivity index (χ1v) is 7.52. The van der Waals surface area contributed by atoms with Gasteiger partial charge < -0.3 is 23.4 Å². The lowest BCUT2D eigenvalue weighted by Crippen LogP contribution is -1.97. The zero-order valence-corrected chi connectivity index (χ0v) is 13.5. The van der Waals surface area contributed by atoms with Crippen molar-refractivity contribution in [2.75, 3.05) is 14.2 Å². The second-order valence-electron chi connectivity index (χ2n) is 5.45. The summed E-state index contributed by atoms with van der Waals surface area (Å²) in [5, 5.41) is 11.4. The first-order chi connectivity index (χ1) is 12.1. The molecule has 0 aliphatic heterocycles. The van der Waals surface area contributed by atoms with Crippen LogP contribution in [0.5, 0.6) is 17.2 Å². The minimum absolute atomic E-state index is 0.00623. The van der Waals surface area contributed by atoms with Crippen molar-refractivity contribution in [3.8, 4) is 28.4 Å². The van der Waals surface area contributed by atoms with E-state index in [1.165, 1.54) is 18.4 Å². The van der Waals surface area contributed by atoms with Crippen molar-refractivity contribution in [3.63, 3.8) is 0 Å². The number of ether oxygens (including phenoxy) is 2. The molecule has 0 atom stereocenters. The molecule has 0 fully saturated rings. The highest BCUT2D eigenvalue weighted by molar-refractivity contribution is 6.12. The standard InChI is InChI=1S/C19H14O6/c1-22-13-5-3-10(9-14(13)23-2)16-18-12(7-8-24-18)17(21)11-4-6-15(20)25-19(11)16/h3-9,21H,1-2H3. The van der Waals surface area contributed by atoms with Crippen molar-refractivity contribution in [2.45, 2.75) is 0 Å². The number of furan rings is 1. The van der Waals surface area contributed by atoms with Gasteiger partial charge in [0.2, 0.25) is 0 Å². The summed E-state index contributed by atoms with van der Waals surface area (Å²) >= 11 is 0. The van der Waals surface area contributed by atoms with E-state index in [-0.39, 0.29) is 11.3 Å².